The van der Waals surface area contributed by atoms with Gasteiger partial charge in [-0.15, -0.1) is 5.10 Å². The quantitative estimate of drug-likeness (QED) is 0.535. The van der Waals surface area contributed by atoms with Crippen molar-refractivity contribution in [3.63, 3.8) is 0 Å². The molecule has 4 aromatic rings. The number of hydrogen-bond donors (Lipinski definition) is 1. The number of para-hydroxylation sites is 1. The van der Waals surface area contributed by atoms with Crippen LogP contribution < -0.4 is 5.32 Å². The summed E-state index contributed by atoms with van der Waals surface area (Å²) in [5.74, 6) is -0.0000229. The Bertz CT molecular complexity index is 1260. The van der Waals surface area contributed by atoms with E-state index in [4.69, 9.17) is 8.83 Å². The summed E-state index contributed by atoms with van der Waals surface area (Å²) < 4.78 is 36.4. The fraction of sp³-hybridized carbons (Fsp3) is 0.105. The third-order valence-electron chi connectivity index (χ3n) is 4.18. The Morgan fingerprint density at radius 2 is 1.72 bits per heavy atom. The summed E-state index contributed by atoms with van der Waals surface area (Å²) in [6.07, 6.45) is 0. The molecule has 1 amide bonds. The fourth-order valence-electron chi connectivity index (χ4n) is 2.62. The molecule has 0 aliphatic rings. The van der Waals surface area contributed by atoms with E-state index in [1.54, 1.807) is 6.07 Å². The Labute approximate surface area is 166 Å². The molecule has 0 bridgehead atoms. The van der Waals surface area contributed by atoms with Gasteiger partial charge in [0.1, 0.15) is 5.58 Å². The van der Waals surface area contributed by atoms with Gasteiger partial charge in [0.05, 0.1) is 4.90 Å². The molecule has 10 heteroatoms. The molecule has 2 aromatic carbocycles. The lowest BCUT2D eigenvalue weighted by atomic mass is 10.2. The molecule has 2 aromatic heterocycles. The summed E-state index contributed by atoms with van der Waals surface area (Å²) in [5.41, 5.74) is 0.922. The number of anilines is 1. The summed E-state index contributed by atoms with van der Waals surface area (Å²) in [6, 6.07) is 14.6. The van der Waals surface area contributed by atoms with E-state index in [1.807, 2.05) is 24.3 Å². The Kier molecular flexibility index (Phi) is 4.65. The number of carbonyl (C=O) groups is 1. The highest BCUT2D eigenvalue weighted by Crippen LogP contribution is 2.27. The molecule has 0 aliphatic carbocycles. The van der Waals surface area contributed by atoms with Crippen LogP contribution in [0.25, 0.3) is 22.6 Å². The van der Waals surface area contributed by atoms with Crippen LogP contribution in [0.2, 0.25) is 0 Å². The van der Waals surface area contributed by atoms with E-state index in [-0.39, 0.29) is 22.4 Å². The van der Waals surface area contributed by atoms with Crippen molar-refractivity contribution < 1.29 is 22.0 Å². The zero-order valence-electron chi connectivity index (χ0n) is 15.5. The third kappa shape index (κ3) is 3.62. The van der Waals surface area contributed by atoms with Crippen molar-refractivity contribution in [2.75, 3.05) is 19.4 Å². The largest absolute Gasteiger partial charge is 0.451 e. The van der Waals surface area contributed by atoms with Gasteiger partial charge in [-0.1, -0.05) is 23.3 Å². The molecule has 0 saturated carbocycles. The van der Waals surface area contributed by atoms with Crippen LogP contribution >= 0.6 is 0 Å². The first-order valence-electron chi connectivity index (χ1n) is 8.51. The Morgan fingerprint density at radius 1 is 1.00 bits per heavy atom. The van der Waals surface area contributed by atoms with Crippen LogP contribution in [-0.4, -0.2) is 42.9 Å². The molecule has 9 nitrogen and oxygen atoms in total. The average molecular weight is 412 g/mol. The van der Waals surface area contributed by atoms with Crippen molar-refractivity contribution in [2.45, 2.75) is 4.90 Å². The second-order valence-corrected chi connectivity index (χ2v) is 8.48. The standard InChI is InChI=1S/C19H16N4O5S/c1-23(2)29(25,26)14-9-7-12(8-10-14)17(24)20-19-22-21-18(28-19)16-11-13-5-3-4-6-15(13)27-16/h3-11H,1-2H3,(H,20,22,24). The van der Waals surface area contributed by atoms with Crippen LogP contribution in [0, 0.1) is 0 Å². The number of benzene rings is 2. The molecule has 0 unspecified atom stereocenters. The highest BCUT2D eigenvalue weighted by Gasteiger charge is 2.19. The fourth-order valence-corrected chi connectivity index (χ4v) is 3.52. The smallest absolute Gasteiger partial charge is 0.322 e. The normalized spacial score (nSPS) is 11.8. The molecule has 0 radical (unpaired) electrons. The number of carbonyl (C=O) groups excluding carboxylic acids is 1. The van der Waals surface area contributed by atoms with Crippen LogP contribution in [0.4, 0.5) is 6.01 Å². The second-order valence-electron chi connectivity index (χ2n) is 6.33. The predicted octanol–water partition coefficient (Wildman–Crippen LogP) is 2.99. The Hall–Kier alpha value is -3.50. The average Bonchev–Trinajstić information content (AvgIpc) is 3.34. The molecule has 2 heterocycles. The molecule has 0 saturated heterocycles. The molecule has 0 atom stereocenters. The first-order valence-corrected chi connectivity index (χ1v) is 9.95. The Morgan fingerprint density at radius 3 is 2.41 bits per heavy atom. The first kappa shape index (κ1) is 18.8. The molecule has 0 spiro atoms. The SMILES string of the molecule is CN(C)S(=O)(=O)c1ccc(C(=O)Nc2nnc(-c3cc4ccccc4o3)o2)cc1. The van der Waals surface area contributed by atoms with E-state index >= 15 is 0 Å². The molecule has 1 N–H and O–H groups in total. The van der Waals surface area contributed by atoms with Crippen molar-refractivity contribution in [1.82, 2.24) is 14.5 Å². The van der Waals surface area contributed by atoms with Crippen LogP contribution in [0.3, 0.4) is 0 Å². The van der Waals surface area contributed by atoms with Gasteiger partial charge in [0.15, 0.2) is 5.76 Å². The van der Waals surface area contributed by atoms with Gasteiger partial charge in [-0.05, 0) is 36.4 Å². The minimum Gasteiger partial charge on any atom is -0.451 e. The van der Waals surface area contributed by atoms with Crippen molar-refractivity contribution in [3.05, 3.63) is 60.2 Å². The number of aromatic nitrogens is 2. The molecule has 29 heavy (non-hydrogen) atoms. The van der Waals surface area contributed by atoms with Gasteiger partial charge in [-0.2, -0.15) is 0 Å². The summed E-state index contributed by atoms with van der Waals surface area (Å²) in [7, 11) is -0.695. The summed E-state index contributed by atoms with van der Waals surface area (Å²) >= 11 is 0. The molecular formula is C19H16N4O5S. The minimum absolute atomic E-state index is 0.0870. The maximum absolute atomic E-state index is 12.4. The number of furan rings is 1. The van der Waals surface area contributed by atoms with Crippen LogP contribution in [0.15, 0.2) is 68.3 Å². The minimum atomic E-state index is -3.57. The Balaban J connectivity index is 1.50. The molecule has 4 rings (SSSR count). The van der Waals surface area contributed by atoms with Crippen molar-refractivity contribution in [3.8, 4) is 11.7 Å². The number of fused-ring (bicyclic) bond motifs is 1. The first-order chi connectivity index (χ1) is 13.8. The van der Waals surface area contributed by atoms with Crippen LogP contribution in [0.5, 0.6) is 0 Å². The second kappa shape index (κ2) is 7.15. The lowest BCUT2D eigenvalue weighted by Gasteiger charge is -2.11. The van der Waals surface area contributed by atoms with E-state index in [0.717, 1.165) is 9.69 Å². The van der Waals surface area contributed by atoms with Crippen LogP contribution in [-0.2, 0) is 10.0 Å². The lowest BCUT2D eigenvalue weighted by molar-refractivity contribution is 0.102. The zero-order valence-corrected chi connectivity index (χ0v) is 16.3. The number of amides is 1. The number of rotatable bonds is 5. The van der Waals surface area contributed by atoms with Crippen molar-refractivity contribution in [1.29, 1.82) is 0 Å². The monoisotopic (exact) mass is 412 g/mol. The zero-order chi connectivity index (χ0) is 20.6. The highest BCUT2D eigenvalue weighted by molar-refractivity contribution is 7.89. The van der Waals surface area contributed by atoms with Crippen molar-refractivity contribution >= 4 is 32.9 Å². The van der Waals surface area contributed by atoms with Crippen LogP contribution in [0.1, 0.15) is 10.4 Å². The van der Waals surface area contributed by atoms with Crippen molar-refractivity contribution in [2.24, 2.45) is 0 Å². The van der Waals surface area contributed by atoms with Gasteiger partial charge in [0.25, 0.3) is 11.8 Å². The van der Waals surface area contributed by atoms with Gasteiger partial charge in [0, 0.05) is 25.0 Å². The molecule has 0 aliphatic heterocycles. The number of sulfonamides is 1. The van der Waals surface area contributed by atoms with E-state index < -0.39 is 15.9 Å². The number of nitrogens with zero attached hydrogens (tertiary/aromatic N) is 3. The van der Waals surface area contributed by atoms with Gasteiger partial charge in [0.2, 0.25) is 10.0 Å². The van der Waals surface area contributed by atoms with E-state index in [9.17, 15) is 13.2 Å². The summed E-state index contributed by atoms with van der Waals surface area (Å²) in [5, 5.41) is 11.1. The van der Waals surface area contributed by atoms with E-state index in [0.29, 0.717) is 11.3 Å². The van der Waals surface area contributed by atoms with Gasteiger partial charge in [-0.3, -0.25) is 10.1 Å². The number of hydrogen-bond acceptors (Lipinski definition) is 7. The maximum Gasteiger partial charge on any atom is 0.322 e. The van der Waals surface area contributed by atoms with E-state index in [1.165, 1.54) is 38.4 Å². The summed E-state index contributed by atoms with van der Waals surface area (Å²) in [6.45, 7) is 0. The third-order valence-corrected chi connectivity index (χ3v) is 6.01. The summed E-state index contributed by atoms with van der Waals surface area (Å²) in [4.78, 5) is 12.5. The molecular weight excluding hydrogens is 396 g/mol. The molecule has 0 fully saturated rings. The highest BCUT2D eigenvalue weighted by atomic mass is 32.2. The topological polar surface area (TPSA) is 119 Å². The van der Waals surface area contributed by atoms with Gasteiger partial charge >= 0.3 is 6.01 Å². The van der Waals surface area contributed by atoms with Gasteiger partial charge < -0.3 is 8.83 Å². The predicted molar refractivity (Wildman–Crippen MR) is 105 cm³/mol. The lowest BCUT2D eigenvalue weighted by Crippen LogP contribution is -2.22. The van der Waals surface area contributed by atoms with Gasteiger partial charge in [-0.25, -0.2) is 12.7 Å². The number of nitrogens with one attached hydrogen (secondary N) is 1. The van der Waals surface area contributed by atoms with E-state index in [2.05, 4.69) is 15.5 Å². The molecule has 148 valence electrons. The maximum atomic E-state index is 12.4.